The van der Waals surface area contributed by atoms with Gasteiger partial charge in [-0.3, -0.25) is 0 Å². The molecule has 0 aromatic heterocycles. The fourth-order valence-electron chi connectivity index (χ4n) is 6.84. The highest BCUT2D eigenvalue weighted by molar-refractivity contribution is 5.84. The van der Waals surface area contributed by atoms with E-state index in [-0.39, 0.29) is 5.82 Å². The standard InChI is InChI=1S/C32H47F/c1-3-5-6-8-28-19-20-30-23-29(21-22-31(30)32(28)33)27-17-15-26(16-18-27)14-13-25-11-9-24(7-4-2)10-12-25/h19-27H,3-18H2,1-2H3. The van der Waals surface area contributed by atoms with Gasteiger partial charge in [-0.05, 0) is 78.7 Å². The zero-order valence-electron chi connectivity index (χ0n) is 21.4. The van der Waals surface area contributed by atoms with E-state index in [1.165, 1.54) is 95.5 Å². The second-order valence-corrected chi connectivity index (χ2v) is 11.4. The maximum Gasteiger partial charge on any atom is 0.134 e. The Kier molecular flexibility index (Phi) is 9.27. The van der Waals surface area contributed by atoms with Crippen LogP contribution in [0.4, 0.5) is 4.39 Å². The Morgan fingerprint density at radius 3 is 1.97 bits per heavy atom. The number of aryl methyl sites for hydroxylation is 1. The number of unbranched alkanes of at least 4 members (excludes halogenated alkanes) is 2. The van der Waals surface area contributed by atoms with Crippen molar-refractivity contribution in [1.29, 1.82) is 0 Å². The third-order valence-corrected chi connectivity index (χ3v) is 9.07. The number of fused-ring (bicyclic) bond motifs is 1. The Morgan fingerprint density at radius 1 is 0.697 bits per heavy atom. The Labute approximate surface area is 202 Å². The van der Waals surface area contributed by atoms with E-state index in [4.69, 9.17) is 0 Å². The van der Waals surface area contributed by atoms with Gasteiger partial charge in [-0.1, -0.05) is 108 Å². The van der Waals surface area contributed by atoms with Crippen LogP contribution in [0.15, 0.2) is 30.3 Å². The zero-order chi connectivity index (χ0) is 23.0. The van der Waals surface area contributed by atoms with Gasteiger partial charge >= 0.3 is 0 Å². The molecule has 0 unspecified atom stereocenters. The Morgan fingerprint density at radius 2 is 1.33 bits per heavy atom. The molecule has 4 rings (SSSR count). The molecule has 2 saturated carbocycles. The molecule has 0 spiro atoms. The molecule has 0 atom stereocenters. The summed E-state index contributed by atoms with van der Waals surface area (Å²) in [5.41, 5.74) is 2.33. The summed E-state index contributed by atoms with van der Waals surface area (Å²) >= 11 is 0. The molecule has 0 bridgehead atoms. The van der Waals surface area contributed by atoms with Crippen LogP contribution in [-0.2, 0) is 6.42 Å². The van der Waals surface area contributed by atoms with Crippen molar-refractivity contribution in [2.24, 2.45) is 17.8 Å². The molecule has 182 valence electrons. The number of hydrogen-bond donors (Lipinski definition) is 0. The van der Waals surface area contributed by atoms with Crippen LogP contribution in [0.1, 0.15) is 127 Å². The third-order valence-electron chi connectivity index (χ3n) is 9.07. The lowest BCUT2D eigenvalue weighted by atomic mass is 9.74. The molecular weight excluding hydrogens is 403 g/mol. The van der Waals surface area contributed by atoms with Gasteiger partial charge in [-0.15, -0.1) is 0 Å². The van der Waals surface area contributed by atoms with Crippen LogP contribution in [0.2, 0.25) is 0 Å². The average Bonchev–Trinajstić information content (AvgIpc) is 2.85. The Balaban J connectivity index is 1.26. The number of benzene rings is 2. The van der Waals surface area contributed by atoms with E-state index in [0.29, 0.717) is 5.92 Å². The van der Waals surface area contributed by atoms with Crippen LogP contribution in [0.5, 0.6) is 0 Å². The van der Waals surface area contributed by atoms with Crippen LogP contribution in [0.25, 0.3) is 10.8 Å². The first kappa shape index (κ1) is 24.7. The van der Waals surface area contributed by atoms with Crippen LogP contribution in [0, 0.1) is 23.6 Å². The first-order valence-electron chi connectivity index (χ1n) is 14.4. The van der Waals surface area contributed by atoms with Crippen molar-refractivity contribution in [3.05, 3.63) is 47.3 Å². The van der Waals surface area contributed by atoms with E-state index in [9.17, 15) is 0 Å². The van der Waals surface area contributed by atoms with Crippen molar-refractivity contribution in [2.45, 2.75) is 122 Å². The van der Waals surface area contributed by atoms with Gasteiger partial charge in [0.1, 0.15) is 5.82 Å². The summed E-state index contributed by atoms with van der Waals surface area (Å²) in [4.78, 5) is 0. The molecule has 0 amide bonds. The quantitative estimate of drug-likeness (QED) is 0.316. The van der Waals surface area contributed by atoms with Crippen molar-refractivity contribution in [3.63, 3.8) is 0 Å². The number of rotatable bonds is 10. The Hall–Kier alpha value is -1.37. The average molecular weight is 451 g/mol. The van der Waals surface area contributed by atoms with Gasteiger partial charge in [0.25, 0.3) is 0 Å². The van der Waals surface area contributed by atoms with Crippen LogP contribution >= 0.6 is 0 Å². The molecule has 1 heteroatoms. The Bertz CT molecular complexity index is 852. The highest BCUT2D eigenvalue weighted by Crippen LogP contribution is 2.41. The summed E-state index contributed by atoms with van der Waals surface area (Å²) in [6.45, 7) is 4.54. The summed E-state index contributed by atoms with van der Waals surface area (Å²) in [6, 6.07) is 10.8. The molecule has 2 aliphatic carbocycles. The minimum absolute atomic E-state index is 0.0163. The lowest BCUT2D eigenvalue weighted by molar-refractivity contribution is 0.224. The lowest BCUT2D eigenvalue weighted by Crippen LogP contribution is -2.17. The van der Waals surface area contributed by atoms with E-state index < -0.39 is 0 Å². The maximum absolute atomic E-state index is 15.0. The molecule has 0 saturated heterocycles. The van der Waals surface area contributed by atoms with Gasteiger partial charge in [-0.2, -0.15) is 0 Å². The highest BCUT2D eigenvalue weighted by Gasteiger charge is 2.25. The lowest BCUT2D eigenvalue weighted by Gasteiger charge is -2.32. The molecule has 2 fully saturated rings. The normalized spacial score (nSPS) is 26.0. The van der Waals surface area contributed by atoms with Gasteiger partial charge in [0, 0.05) is 5.39 Å². The number of hydrogen-bond acceptors (Lipinski definition) is 0. The minimum Gasteiger partial charge on any atom is -0.206 e. The predicted octanol–water partition coefficient (Wildman–Crippen LogP) is 10.4. The predicted molar refractivity (Wildman–Crippen MR) is 141 cm³/mol. The van der Waals surface area contributed by atoms with Crippen LogP contribution < -0.4 is 0 Å². The molecule has 0 aliphatic heterocycles. The van der Waals surface area contributed by atoms with E-state index >= 15 is 4.39 Å². The fraction of sp³-hybridized carbons (Fsp3) is 0.688. The van der Waals surface area contributed by atoms with Gasteiger partial charge < -0.3 is 0 Å². The molecule has 0 nitrogen and oxygen atoms in total. The monoisotopic (exact) mass is 450 g/mol. The molecule has 2 aromatic rings. The van der Waals surface area contributed by atoms with E-state index in [0.717, 1.165) is 46.9 Å². The molecule has 2 aromatic carbocycles. The summed E-state index contributed by atoms with van der Waals surface area (Å²) in [7, 11) is 0. The summed E-state index contributed by atoms with van der Waals surface area (Å²) in [5, 5.41) is 1.90. The van der Waals surface area contributed by atoms with E-state index in [2.05, 4.69) is 38.1 Å². The van der Waals surface area contributed by atoms with Gasteiger partial charge in [0.15, 0.2) is 0 Å². The smallest absolute Gasteiger partial charge is 0.134 e. The fourth-order valence-corrected chi connectivity index (χ4v) is 6.84. The van der Waals surface area contributed by atoms with Gasteiger partial charge in [0.2, 0.25) is 0 Å². The first-order chi connectivity index (χ1) is 16.2. The topological polar surface area (TPSA) is 0 Å². The van der Waals surface area contributed by atoms with Crippen molar-refractivity contribution in [1.82, 2.24) is 0 Å². The molecule has 0 radical (unpaired) electrons. The highest BCUT2D eigenvalue weighted by atomic mass is 19.1. The largest absolute Gasteiger partial charge is 0.206 e. The molecule has 33 heavy (non-hydrogen) atoms. The van der Waals surface area contributed by atoms with Gasteiger partial charge in [-0.25, -0.2) is 4.39 Å². The molecular formula is C32H47F. The van der Waals surface area contributed by atoms with Crippen molar-refractivity contribution < 1.29 is 4.39 Å². The van der Waals surface area contributed by atoms with Crippen LogP contribution in [0.3, 0.4) is 0 Å². The van der Waals surface area contributed by atoms with Crippen molar-refractivity contribution >= 4 is 10.8 Å². The maximum atomic E-state index is 15.0. The van der Waals surface area contributed by atoms with E-state index in [1.54, 1.807) is 0 Å². The summed E-state index contributed by atoms with van der Waals surface area (Å²) in [5.74, 6) is 3.67. The molecule has 0 N–H and O–H groups in total. The summed E-state index contributed by atoms with van der Waals surface area (Å²) < 4.78 is 15.0. The second kappa shape index (κ2) is 12.4. The zero-order valence-corrected chi connectivity index (χ0v) is 21.4. The van der Waals surface area contributed by atoms with Crippen LogP contribution in [-0.4, -0.2) is 0 Å². The SMILES string of the molecule is CCCCCc1ccc2cc(C3CCC(CCC4CCC(CCC)CC4)CC3)ccc2c1F. The summed E-state index contributed by atoms with van der Waals surface area (Å²) in [6.07, 6.45) is 21.4. The first-order valence-corrected chi connectivity index (χ1v) is 14.4. The number of halogens is 1. The second-order valence-electron chi connectivity index (χ2n) is 11.4. The minimum atomic E-state index is 0.0163. The molecule has 2 aliphatic rings. The third kappa shape index (κ3) is 6.61. The van der Waals surface area contributed by atoms with Crippen molar-refractivity contribution in [3.8, 4) is 0 Å². The van der Waals surface area contributed by atoms with Crippen molar-refractivity contribution in [2.75, 3.05) is 0 Å². The molecule has 0 heterocycles. The van der Waals surface area contributed by atoms with Gasteiger partial charge in [0.05, 0.1) is 0 Å². The van der Waals surface area contributed by atoms with E-state index in [1.807, 2.05) is 6.07 Å².